The van der Waals surface area contributed by atoms with E-state index in [4.69, 9.17) is 5.73 Å². The Morgan fingerprint density at radius 3 is 2.44 bits per heavy atom. The highest BCUT2D eigenvalue weighted by molar-refractivity contribution is 5.19. The third-order valence-electron chi connectivity index (χ3n) is 4.40. The van der Waals surface area contributed by atoms with Gasteiger partial charge in [0.15, 0.2) is 0 Å². The van der Waals surface area contributed by atoms with Crippen LogP contribution in [0.2, 0.25) is 0 Å². The molecule has 2 rings (SSSR count). The summed E-state index contributed by atoms with van der Waals surface area (Å²) in [6.45, 7) is 6.82. The Hall–Kier alpha value is -0.860. The molecule has 0 aromatic heterocycles. The smallest absolute Gasteiger partial charge is 0.0450 e. The highest BCUT2D eigenvalue weighted by atomic mass is 15.2. The second kappa shape index (κ2) is 6.35. The summed E-state index contributed by atoms with van der Waals surface area (Å²) in [5, 5.41) is 0. The minimum Gasteiger partial charge on any atom is -0.323 e. The molecule has 1 fully saturated rings. The number of nitrogens with zero attached hydrogens (tertiary/aromatic N) is 1. The summed E-state index contributed by atoms with van der Waals surface area (Å²) in [5.74, 6) is 0.912. The van der Waals surface area contributed by atoms with Crippen LogP contribution in [0.25, 0.3) is 0 Å². The Balaban J connectivity index is 1.96. The monoisotopic (exact) mass is 246 g/mol. The lowest BCUT2D eigenvalue weighted by Gasteiger charge is -2.37. The molecule has 0 radical (unpaired) electrons. The summed E-state index contributed by atoms with van der Waals surface area (Å²) in [7, 11) is 0. The van der Waals surface area contributed by atoms with Gasteiger partial charge in [-0.25, -0.2) is 0 Å². The third-order valence-corrected chi connectivity index (χ3v) is 4.40. The average Bonchev–Trinajstić information content (AvgIpc) is 2.37. The molecule has 1 saturated carbocycles. The molecule has 1 aliphatic carbocycles. The SMILES string of the molecule is CCN(CC1CCC1)C(C)C(N)c1ccccc1. The van der Waals surface area contributed by atoms with E-state index in [1.165, 1.54) is 31.4 Å². The van der Waals surface area contributed by atoms with E-state index in [-0.39, 0.29) is 6.04 Å². The molecule has 2 nitrogen and oxygen atoms in total. The van der Waals surface area contributed by atoms with Crippen molar-refractivity contribution in [3.63, 3.8) is 0 Å². The van der Waals surface area contributed by atoms with Crippen LogP contribution in [-0.4, -0.2) is 24.0 Å². The molecule has 0 heterocycles. The van der Waals surface area contributed by atoms with Crippen LogP contribution in [0.3, 0.4) is 0 Å². The Labute approximate surface area is 111 Å². The van der Waals surface area contributed by atoms with Gasteiger partial charge < -0.3 is 5.73 Å². The maximum atomic E-state index is 6.41. The minimum atomic E-state index is 0.117. The van der Waals surface area contributed by atoms with Crippen LogP contribution in [0.5, 0.6) is 0 Å². The molecule has 0 bridgehead atoms. The first-order valence-electron chi connectivity index (χ1n) is 7.27. The molecule has 1 aromatic rings. The molecule has 0 aliphatic heterocycles. The van der Waals surface area contributed by atoms with Gasteiger partial charge in [0.25, 0.3) is 0 Å². The van der Waals surface area contributed by atoms with Crippen LogP contribution in [-0.2, 0) is 0 Å². The summed E-state index contributed by atoms with van der Waals surface area (Å²) in [6.07, 6.45) is 4.23. The fraction of sp³-hybridized carbons (Fsp3) is 0.625. The zero-order valence-electron chi connectivity index (χ0n) is 11.7. The molecule has 18 heavy (non-hydrogen) atoms. The predicted octanol–water partition coefficient (Wildman–Crippen LogP) is 3.20. The number of hydrogen-bond acceptors (Lipinski definition) is 2. The second-order valence-electron chi connectivity index (χ2n) is 5.56. The van der Waals surface area contributed by atoms with Crippen LogP contribution in [0, 0.1) is 5.92 Å². The molecule has 1 aromatic carbocycles. The van der Waals surface area contributed by atoms with Crippen molar-refractivity contribution in [2.45, 2.75) is 45.2 Å². The number of likely N-dealkylation sites (N-methyl/N-ethyl adjacent to an activating group) is 1. The van der Waals surface area contributed by atoms with E-state index in [1.54, 1.807) is 0 Å². The van der Waals surface area contributed by atoms with E-state index in [0.29, 0.717) is 6.04 Å². The van der Waals surface area contributed by atoms with Crippen molar-refractivity contribution in [3.05, 3.63) is 35.9 Å². The maximum absolute atomic E-state index is 6.41. The fourth-order valence-corrected chi connectivity index (χ4v) is 2.77. The van der Waals surface area contributed by atoms with Gasteiger partial charge in [-0.2, -0.15) is 0 Å². The van der Waals surface area contributed by atoms with Crippen molar-refractivity contribution in [2.24, 2.45) is 11.7 Å². The third kappa shape index (κ3) is 3.12. The lowest BCUT2D eigenvalue weighted by molar-refractivity contribution is 0.131. The van der Waals surface area contributed by atoms with Gasteiger partial charge in [-0.15, -0.1) is 0 Å². The molecule has 100 valence electrons. The molecular formula is C16H26N2. The lowest BCUT2D eigenvalue weighted by atomic mass is 9.84. The molecular weight excluding hydrogens is 220 g/mol. The number of rotatable bonds is 6. The standard InChI is InChI=1S/C16H26N2/c1-3-18(12-14-8-7-9-14)13(2)16(17)15-10-5-4-6-11-15/h4-6,10-11,13-14,16H,3,7-9,12,17H2,1-2H3. The van der Waals surface area contributed by atoms with E-state index in [0.717, 1.165) is 12.5 Å². The van der Waals surface area contributed by atoms with Crippen molar-refractivity contribution < 1.29 is 0 Å². The zero-order valence-corrected chi connectivity index (χ0v) is 11.7. The number of benzene rings is 1. The van der Waals surface area contributed by atoms with Crippen LogP contribution in [0.15, 0.2) is 30.3 Å². The highest BCUT2D eigenvalue weighted by Gasteiger charge is 2.25. The molecule has 0 saturated heterocycles. The summed E-state index contributed by atoms with van der Waals surface area (Å²) >= 11 is 0. The average molecular weight is 246 g/mol. The van der Waals surface area contributed by atoms with Crippen LogP contribution < -0.4 is 5.73 Å². The van der Waals surface area contributed by atoms with Gasteiger partial charge >= 0.3 is 0 Å². The molecule has 2 heteroatoms. The van der Waals surface area contributed by atoms with Gasteiger partial charge in [0, 0.05) is 18.6 Å². The number of nitrogens with two attached hydrogens (primary N) is 1. The predicted molar refractivity (Wildman–Crippen MR) is 77.4 cm³/mol. The Bertz CT molecular complexity index is 345. The fourth-order valence-electron chi connectivity index (χ4n) is 2.77. The first kappa shape index (κ1) is 13.6. The lowest BCUT2D eigenvalue weighted by Crippen LogP contribution is -2.44. The molecule has 2 N–H and O–H groups in total. The molecule has 2 atom stereocenters. The van der Waals surface area contributed by atoms with Gasteiger partial charge in [-0.3, -0.25) is 4.90 Å². The van der Waals surface area contributed by atoms with Crippen molar-refractivity contribution in [3.8, 4) is 0 Å². The summed E-state index contributed by atoms with van der Waals surface area (Å²) < 4.78 is 0. The molecule has 0 spiro atoms. The van der Waals surface area contributed by atoms with E-state index >= 15 is 0 Å². The molecule has 2 unspecified atom stereocenters. The van der Waals surface area contributed by atoms with Gasteiger partial charge in [0.1, 0.15) is 0 Å². The second-order valence-corrected chi connectivity index (χ2v) is 5.56. The van der Waals surface area contributed by atoms with Gasteiger partial charge in [-0.05, 0) is 37.8 Å². The van der Waals surface area contributed by atoms with Crippen LogP contribution in [0.4, 0.5) is 0 Å². The first-order valence-corrected chi connectivity index (χ1v) is 7.27. The topological polar surface area (TPSA) is 29.3 Å². The summed E-state index contributed by atoms with van der Waals surface area (Å²) in [4.78, 5) is 2.54. The normalized spacial score (nSPS) is 19.6. The van der Waals surface area contributed by atoms with Gasteiger partial charge in [0.2, 0.25) is 0 Å². The van der Waals surface area contributed by atoms with E-state index < -0.39 is 0 Å². The highest BCUT2D eigenvalue weighted by Crippen LogP contribution is 2.29. The van der Waals surface area contributed by atoms with E-state index in [9.17, 15) is 0 Å². The van der Waals surface area contributed by atoms with Crippen LogP contribution in [0.1, 0.15) is 44.7 Å². The van der Waals surface area contributed by atoms with Crippen LogP contribution >= 0.6 is 0 Å². The maximum Gasteiger partial charge on any atom is 0.0450 e. The molecule has 0 amide bonds. The van der Waals surface area contributed by atoms with Crippen molar-refractivity contribution in [2.75, 3.05) is 13.1 Å². The van der Waals surface area contributed by atoms with E-state index in [1.807, 2.05) is 6.07 Å². The number of hydrogen-bond donors (Lipinski definition) is 1. The first-order chi connectivity index (χ1) is 8.72. The largest absolute Gasteiger partial charge is 0.323 e. The minimum absolute atomic E-state index is 0.117. The summed E-state index contributed by atoms with van der Waals surface area (Å²) in [6, 6.07) is 11.0. The summed E-state index contributed by atoms with van der Waals surface area (Å²) in [5.41, 5.74) is 7.66. The van der Waals surface area contributed by atoms with Crippen molar-refractivity contribution in [1.82, 2.24) is 4.90 Å². The quantitative estimate of drug-likeness (QED) is 0.835. The van der Waals surface area contributed by atoms with Gasteiger partial charge in [-0.1, -0.05) is 43.7 Å². The Morgan fingerprint density at radius 2 is 1.94 bits per heavy atom. The van der Waals surface area contributed by atoms with E-state index in [2.05, 4.69) is 43.0 Å². The zero-order chi connectivity index (χ0) is 13.0. The van der Waals surface area contributed by atoms with Gasteiger partial charge in [0.05, 0.1) is 0 Å². The van der Waals surface area contributed by atoms with Crippen molar-refractivity contribution >= 4 is 0 Å². The Kier molecular flexibility index (Phi) is 4.79. The van der Waals surface area contributed by atoms with Crippen molar-refractivity contribution in [1.29, 1.82) is 0 Å². The Morgan fingerprint density at radius 1 is 1.28 bits per heavy atom. The molecule has 1 aliphatic rings.